The van der Waals surface area contributed by atoms with Gasteiger partial charge >= 0.3 is 6.03 Å². The number of carbonyl (C=O) groups is 3. The standard InChI is InChI=1S/C18H23FN4O3/c1-21(2)16(24)11-23-13-8-7-12(17(23)25)9-22(10-13)18(26)20-15-6-4-3-5-14(15)19/h3-6,12-13H,7-11H2,1-2H3,(H,20,26)/t12-,13+/m0/s1. The molecule has 26 heavy (non-hydrogen) atoms. The molecule has 1 N–H and O–H groups in total. The van der Waals surface area contributed by atoms with Gasteiger partial charge in [0.05, 0.1) is 11.6 Å². The summed E-state index contributed by atoms with van der Waals surface area (Å²) in [5, 5.41) is 2.57. The van der Waals surface area contributed by atoms with Crippen LogP contribution in [-0.2, 0) is 9.59 Å². The van der Waals surface area contributed by atoms with Crippen LogP contribution in [-0.4, -0.2) is 72.3 Å². The van der Waals surface area contributed by atoms with Gasteiger partial charge in [0.15, 0.2) is 0 Å². The van der Waals surface area contributed by atoms with Gasteiger partial charge in [-0.25, -0.2) is 9.18 Å². The summed E-state index contributed by atoms with van der Waals surface area (Å²) in [6.45, 7) is 0.640. The van der Waals surface area contributed by atoms with Gasteiger partial charge in [0.1, 0.15) is 12.4 Å². The quantitative estimate of drug-likeness (QED) is 0.883. The number of carbonyl (C=O) groups excluding carboxylic acids is 3. The maximum absolute atomic E-state index is 13.8. The molecule has 4 rings (SSSR count). The second-order valence-corrected chi connectivity index (χ2v) is 7.00. The summed E-state index contributed by atoms with van der Waals surface area (Å²) < 4.78 is 13.8. The van der Waals surface area contributed by atoms with Crippen LogP contribution in [0.25, 0.3) is 0 Å². The van der Waals surface area contributed by atoms with E-state index in [4.69, 9.17) is 0 Å². The van der Waals surface area contributed by atoms with Gasteiger partial charge in [0, 0.05) is 33.2 Å². The van der Waals surface area contributed by atoms with Crippen LogP contribution < -0.4 is 5.32 Å². The lowest BCUT2D eigenvalue weighted by molar-refractivity contribution is -0.145. The number of fused-ring (bicyclic) bond motifs is 4. The number of piperidine rings is 1. The molecule has 2 atom stereocenters. The van der Waals surface area contributed by atoms with E-state index in [2.05, 4.69) is 5.32 Å². The third-order valence-electron chi connectivity index (χ3n) is 5.00. The van der Waals surface area contributed by atoms with Gasteiger partial charge in [-0.15, -0.1) is 0 Å². The smallest absolute Gasteiger partial charge is 0.322 e. The molecule has 2 bridgehead atoms. The number of anilines is 1. The zero-order valence-electron chi connectivity index (χ0n) is 14.9. The number of nitrogens with one attached hydrogen (secondary N) is 1. The molecule has 0 aromatic heterocycles. The number of nitrogens with zero attached hydrogens (tertiary/aromatic N) is 3. The Kier molecular flexibility index (Phi) is 5.11. The predicted molar refractivity (Wildman–Crippen MR) is 93.9 cm³/mol. The predicted octanol–water partition coefficient (Wildman–Crippen LogP) is 1.37. The maximum Gasteiger partial charge on any atom is 0.322 e. The van der Waals surface area contributed by atoms with Crippen LogP contribution in [0.5, 0.6) is 0 Å². The minimum atomic E-state index is -0.507. The van der Waals surface area contributed by atoms with Crippen molar-refractivity contribution in [3.8, 4) is 0 Å². The van der Waals surface area contributed by atoms with Crippen molar-refractivity contribution in [1.82, 2.24) is 14.7 Å². The van der Waals surface area contributed by atoms with Crippen LogP contribution in [0.3, 0.4) is 0 Å². The number of hydrogen-bond acceptors (Lipinski definition) is 3. The SMILES string of the molecule is CN(C)C(=O)CN1C(=O)[C@H]2CC[C@@H]1CN(C(=O)Nc1ccccc1F)C2. The van der Waals surface area contributed by atoms with Crippen molar-refractivity contribution in [3.63, 3.8) is 0 Å². The third kappa shape index (κ3) is 3.63. The Balaban J connectivity index is 1.72. The van der Waals surface area contributed by atoms with E-state index in [1.807, 2.05) is 0 Å². The molecule has 0 radical (unpaired) electrons. The Morgan fingerprint density at radius 2 is 1.96 bits per heavy atom. The molecule has 0 saturated carbocycles. The van der Waals surface area contributed by atoms with Gasteiger partial charge in [-0.3, -0.25) is 9.59 Å². The van der Waals surface area contributed by atoms with E-state index in [-0.39, 0.29) is 42.6 Å². The van der Waals surface area contributed by atoms with E-state index in [9.17, 15) is 18.8 Å². The van der Waals surface area contributed by atoms with E-state index in [1.165, 1.54) is 17.0 Å². The van der Waals surface area contributed by atoms with Crippen LogP contribution in [0.1, 0.15) is 12.8 Å². The fraction of sp³-hybridized carbons (Fsp3) is 0.500. The minimum absolute atomic E-state index is 0.0236. The Bertz CT molecular complexity index is 724. The van der Waals surface area contributed by atoms with E-state index in [0.717, 1.165) is 6.42 Å². The van der Waals surface area contributed by atoms with E-state index >= 15 is 0 Å². The van der Waals surface area contributed by atoms with Crippen LogP contribution >= 0.6 is 0 Å². The van der Waals surface area contributed by atoms with Gasteiger partial charge in [0.2, 0.25) is 11.8 Å². The number of urea groups is 1. The first kappa shape index (κ1) is 18.2. The number of para-hydroxylation sites is 1. The molecule has 8 heteroatoms. The van der Waals surface area contributed by atoms with Crippen molar-refractivity contribution in [1.29, 1.82) is 0 Å². The highest BCUT2D eigenvalue weighted by atomic mass is 19.1. The van der Waals surface area contributed by atoms with Crippen molar-refractivity contribution < 1.29 is 18.8 Å². The first-order valence-corrected chi connectivity index (χ1v) is 8.68. The monoisotopic (exact) mass is 362 g/mol. The van der Waals surface area contributed by atoms with Crippen LogP contribution in [0.4, 0.5) is 14.9 Å². The summed E-state index contributed by atoms with van der Waals surface area (Å²) >= 11 is 0. The van der Waals surface area contributed by atoms with E-state index in [0.29, 0.717) is 13.0 Å². The normalized spacial score (nSPS) is 22.2. The minimum Gasteiger partial charge on any atom is -0.347 e. The molecule has 0 aliphatic carbocycles. The fourth-order valence-electron chi connectivity index (χ4n) is 3.46. The van der Waals surface area contributed by atoms with Crippen LogP contribution in [0, 0.1) is 11.7 Å². The molecule has 7 nitrogen and oxygen atoms in total. The summed E-state index contributed by atoms with van der Waals surface area (Å²) in [5.41, 5.74) is 0.111. The van der Waals surface area contributed by atoms with Crippen molar-refractivity contribution in [2.75, 3.05) is 39.0 Å². The number of hydrogen-bond donors (Lipinski definition) is 1. The van der Waals surface area contributed by atoms with Crippen LogP contribution in [0.2, 0.25) is 0 Å². The van der Waals surface area contributed by atoms with Gasteiger partial charge in [0.25, 0.3) is 0 Å². The zero-order chi connectivity index (χ0) is 18.8. The zero-order valence-corrected chi connectivity index (χ0v) is 14.9. The lowest BCUT2D eigenvalue weighted by atomic mass is 9.94. The molecule has 3 aliphatic heterocycles. The second kappa shape index (κ2) is 7.31. The summed E-state index contributed by atoms with van der Waals surface area (Å²) in [7, 11) is 3.30. The van der Waals surface area contributed by atoms with Gasteiger partial charge < -0.3 is 20.0 Å². The highest BCUT2D eigenvalue weighted by molar-refractivity contribution is 5.91. The number of halogens is 1. The van der Waals surface area contributed by atoms with Gasteiger partial charge in [-0.05, 0) is 25.0 Å². The Morgan fingerprint density at radius 1 is 1.23 bits per heavy atom. The summed E-state index contributed by atoms with van der Waals surface area (Å²) in [6, 6.07) is 5.34. The molecule has 3 saturated heterocycles. The van der Waals surface area contributed by atoms with Crippen molar-refractivity contribution in [3.05, 3.63) is 30.1 Å². The Morgan fingerprint density at radius 3 is 2.65 bits per heavy atom. The number of amides is 4. The molecular weight excluding hydrogens is 339 g/mol. The van der Waals surface area contributed by atoms with Crippen molar-refractivity contribution in [2.24, 2.45) is 5.92 Å². The molecule has 1 aromatic rings. The lowest BCUT2D eigenvalue weighted by Gasteiger charge is -2.35. The van der Waals surface area contributed by atoms with Gasteiger partial charge in [-0.2, -0.15) is 0 Å². The molecule has 3 aliphatic rings. The van der Waals surface area contributed by atoms with Crippen molar-refractivity contribution in [2.45, 2.75) is 18.9 Å². The average molecular weight is 362 g/mol. The number of benzene rings is 1. The topological polar surface area (TPSA) is 73.0 Å². The van der Waals surface area contributed by atoms with Crippen LogP contribution in [0.15, 0.2) is 24.3 Å². The molecule has 4 amide bonds. The molecule has 1 aromatic carbocycles. The molecule has 140 valence electrons. The fourth-order valence-corrected chi connectivity index (χ4v) is 3.46. The van der Waals surface area contributed by atoms with Crippen molar-refractivity contribution >= 4 is 23.5 Å². The van der Waals surface area contributed by atoms with E-state index in [1.54, 1.807) is 36.0 Å². The first-order valence-electron chi connectivity index (χ1n) is 8.68. The summed E-state index contributed by atoms with van der Waals surface area (Å²) in [6.07, 6.45) is 1.44. The summed E-state index contributed by atoms with van der Waals surface area (Å²) in [4.78, 5) is 41.9. The largest absolute Gasteiger partial charge is 0.347 e. The Hall–Kier alpha value is -2.64. The highest BCUT2D eigenvalue weighted by Gasteiger charge is 2.42. The van der Waals surface area contributed by atoms with Gasteiger partial charge in [-0.1, -0.05) is 12.1 Å². The molecule has 0 spiro atoms. The lowest BCUT2D eigenvalue weighted by Crippen LogP contribution is -2.51. The second-order valence-electron chi connectivity index (χ2n) is 7.00. The Labute approximate surface area is 151 Å². The third-order valence-corrected chi connectivity index (χ3v) is 5.00. The van der Waals surface area contributed by atoms with E-state index < -0.39 is 11.8 Å². The summed E-state index contributed by atoms with van der Waals surface area (Å²) in [5.74, 6) is -1.06. The maximum atomic E-state index is 13.8. The molecule has 3 fully saturated rings. The first-order chi connectivity index (χ1) is 12.4. The molecule has 3 heterocycles. The average Bonchev–Trinajstić information content (AvgIpc) is 2.89. The molecular formula is C18H23FN4O3. The number of rotatable bonds is 3. The number of likely N-dealkylation sites (N-methyl/N-ethyl adjacent to an activating group) is 1. The highest BCUT2D eigenvalue weighted by Crippen LogP contribution is 2.29. The molecule has 0 unspecified atom stereocenters.